The van der Waals surface area contributed by atoms with Crippen LogP contribution in [0, 0.1) is 0 Å². The van der Waals surface area contributed by atoms with Gasteiger partial charge in [-0.3, -0.25) is 4.79 Å². The van der Waals surface area contributed by atoms with Crippen LogP contribution in [0.2, 0.25) is 5.02 Å². The first-order valence-corrected chi connectivity index (χ1v) is 12.6. The molecule has 0 aliphatic carbocycles. The normalized spacial score (nSPS) is 12.0. The lowest BCUT2D eigenvalue weighted by atomic mass is 10.1. The van der Waals surface area contributed by atoms with Crippen molar-refractivity contribution in [3.63, 3.8) is 0 Å². The summed E-state index contributed by atoms with van der Waals surface area (Å²) in [6, 6.07) is 17.2. The molecule has 1 unspecified atom stereocenters. The van der Waals surface area contributed by atoms with Crippen LogP contribution in [-0.2, 0) is 21.2 Å². The van der Waals surface area contributed by atoms with Crippen molar-refractivity contribution in [2.24, 2.45) is 0 Å². The van der Waals surface area contributed by atoms with E-state index in [2.05, 4.69) is 10.0 Å². The van der Waals surface area contributed by atoms with Crippen molar-refractivity contribution in [2.75, 3.05) is 26.1 Å². The summed E-state index contributed by atoms with van der Waals surface area (Å²) in [5.74, 6) is 0.485. The molecule has 35 heavy (non-hydrogen) atoms. The Morgan fingerprint density at radius 2 is 1.71 bits per heavy atom. The molecule has 0 aliphatic rings. The maximum atomic E-state index is 13.4. The number of anilines is 1. The Labute approximate surface area is 210 Å². The Hall–Kier alpha value is -3.27. The minimum Gasteiger partial charge on any atom is -0.497 e. The molecule has 0 fully saturated rings. The van der Waals surface area contributed by atoms with E-state index in [1.54, 1.807) is 25.1 Å². The zero-order valence-electron chi connectivity index (χ0n) is 19.6. The highest BCUT2D eigenvalue weighted by atomic mass is 35.5. The number of sulfonamides is 1. The second-order valence-electron chi connectivity index (χ2n) is 7.44. The van der Waals surface area contributed by atoms with Crippen LogP contribution in [0.25, 0.3) is 0 Å². The zero-order chi connectivity index (χ0) is 25.4. The maximum Gasteiger partial charge on any atom is 0.245 e. The van der Waals surface area contributed by atoms with Gasteiger partial charge < -0.3 is 19.5 Å². The number of carbonyl (C=O) groups excluding carboxylic acids is 1. The van der Waals surface area contributed by atoms with Crippen molar-refractivity contribution in [2.45, 2.75) is 24.3 Å². The van der Waals surface area contributed by atoms with Gasteiger partial charge in [-0.15, -0.1) is 0 Å². The first-order valence-electron chi connectivity index (χ1n) is 10.8. The average molecular weight is 519 g/mol. The van der Waals surface area contributed by atoms with Crippen LogP contribution in [0.1, 0.15) is 12.5 Å². The summed E-state index contributed by atoms with van der Waals surface area (Å²) >= 11 is 6.07. The van der Waals surface area contributed by atoms with E-state index < -0.39 is 22.0 Å². The highest BCUT2D eigenvalue weighted by Gasteiger charge is 2.29. The van der Waals surface area contributed by atoms with Gasteiger partial charge >= 0.3 is 0 Å². The molecule has 3 rings (SSSR count). The molecule has 1 amide bonds. The van der Waals surface area contributed by atoms with Gasteiger partial charge in [0.25, 0.3) is 0 Å². The van der Waals surface area contributed by atoms with Crippen molar-refractivity contribution < 1.29 is 27.4 Å². The molecule has 0 bridgehead atoms. The van der Waals surface area contributed by atoms with Crippen LogP contribution in [-0.4, -0.2) is 41.2 Å². The van der Waals surface area contributed by atoms with E-state index in [0.717, 1.165) is 5.56 Å². The summed E-state index contributed by atoms with van der Waals surface area (Å²) in [5.41, 5.74) is 1.14. The third kappa shape index (κ3) is 6.88. The van der Waals surface area contributed by atoms with Gasteiger partial charge in [-0.2, -0.15) is 4.72 Å². The molecule has 0 aromatic heterocycles. The van der Waals surface area contributed by atoms with E-state index in [0.29, 0.717) is 17.2 Å². The second kappa shape index (κ2) is 11.9. The molecule has 0 heterocycles. The average Bonchev–Trinajstić information content (AvgIpc) is 2.85. The first-order chi connectivity index (χ1) is 16.8. The number of rotatable bonds is 11. The molecule has 0 radical (unpaired) electrons. The molecule has 0 saturated carbocycles. The number of amides is 1. The fraction of sp³-hybridized carbons (Fsp3) is 0.240. The second-order valence-corrected chi connectivity index (χ2v) is 9.56. The lowest BCUT2D eigenvalue weighted by Gasteiger charge is -2.21. The van der Waals surface area contributed by atoms with Crippen molar-refractivity contribution in [3.05, 3.63) is 77.3 Å². The number of carbonyl (C=O) groups is 1. The molecule has 0 spiro atoms. The Morgan fingerprint density at radius 3 is 2.37 bits per heavy atom. The van der Waals surface area contributed by atoms with Gasteiger partial charge in [0, 0.05) is 11.1 Å². The van der Waals surface area contributed by atoms with Crippen LogP contribution in [0.5, 0.6) is 17.2 Å². The largest absolute Gasteiger partial charge is 0.497 e. The Morgan fingerprint density at radius 1 is 0.971 bits per heavy atom. The quantitative estimate of drug-likeness (QED) is 0.392. The van der Waals surface area contributed by atoms with Crippen molar-refractivity contribution in [3.8, 4) is 17.2 Å². The topological polar surface area (TPSA) is 103 Å². The number of benzene rings is 3. The predicted molar refractivity (Wildman–Crippen MR) is 135 cm³/mol. The monoisotopic (exact) mass is 518 g/mol. The number of hydrogen-bond acceptors (Lipinski definition) is 6. The standard InChI is InChI=1S/C25H27ClN2O6S/c1-4-34-22-13-10-18(26)15-24(22)35(30,31)28-21(14-17-8-6-5-7-9-17)25(29)27-20-12-11-19(32-2)16-23(20)33-3/h5-13,15-16,21,28H,4,14H2,1-3H3,(H,27,29). The molecule has 186 valence electrons. The lowest BCUT2D eigenvalue weighted by Crippen LogP contribution is -2.45. The molecule has 3 aromatic rings. The minimum absolute atomic E-state index is 0.106. The molecule has 0 saturated heterocycles. The SMILES string of the molecule is CCOc1ccc(Cl)cc1S(=O)(=O)NC(Cc1ccccc1)C(=O)Nc1ccc(OC)cc1OC. The third-order valence-electron chi connectivity index (χ3n) is 5.06. The van der Waals surface area contributed by atoms with Gasteiger partial charge in [-0.25, -0.2) is 8.42 Å². The number of ether oxygens (including phenoxy) is 3. The summed E-state index contributed by atoms with van der Waals surface area (Å²) in [5, 5.41) is 2.98. The molecule has 8 nitrogen and oxygen atoms in total. The molecule has 1 atom stereocenters. The molecular formula is C25H27ClN2O6S. The van der Waals surface area contributed by atoms with E-state index in [1.807, 2.05) is 30.3 Å². The Bertz CT molecular complexity index is 1270. The number of halogens is 1. The lowest BCUT2D eigenvalue weighted by molar-refractivity contribution is -0.117. The van der Waals surface area contributed by atoms with Gasteiger partial charge in [-0.1, -0.05) is 41.9 Å². The van der Waals surface area contributed by atoms with Gasteiger partial charge in [0.15, 0.2) is 0 Å². The van der Waals surface area contributed by atoms with Crippen LogP contribution in [0.15, 0.2) is 71.6 Å². The first kappa shape index (κ1) is 26.3. The van der Waals surface area contributed by atoms with Crippen LogP contribution in [0.3, 0.4) is 0 Å². The summed E-state index contributed by atoms with van der Waals surface area (Å²) in [4.78, 5) is 13.2. The number of methoxy groups -OCH3 is 2. The van der Waals surface area contributed by atoms with E-state index >= 15 is 0 Å². The molecule has 10 heteroatoms. The van der Waals surface area contributed by atoms with Crippen LogP contribution >= 0.6 is 11.6 Å². The fourth-order valence-electron chi connectivity index (χ4n) is 3.38. The number of hydrogen-bond donors (Lipinski definition) is 2. The number of nitrogens with one attached hydrogen (secondary N) is 2. The van der Waals surface area contributed by atoms with Crippen LogP contribution in [0.4, 0.5) is 5.69 Å². The summed E-state index contributed by atoms with van der Waals surface area (Å²) < 4.78 is 45.3. The van der Waals surface area contributed by atoms with Gasteiger partial charge in [0.2, 0.25) is 15.9 Å². The van der Waals surface area contributed by atoms with E-state index in [4.69, 9.17) is 25.8 Å². The van der Waals surface area contributed by atoms with Crippen LogP contribution < -0.4 is 24.2 Å². The van der Waals surface area contributed by atoms with Crippen molar-refractivity contribution in [1.29, 1.82) is 0 Å². The highest BCUT2D eigenvalue weighted by molar-refractivity contribution is 7.89. The Balaban J connectivity index is 1.95. The van der Waals surface area contributed by atoms with Crippen molar-refractivity contribution in [1.82, 2.24) is 4.72 Å². The van der Waals surface area contributed by atoms with E-state index in [-0.39, 0.29) is 28.7 Å². The van der Waals surface area contributed by atoms with Gasteiger partial charge in [0.1, 0.15) is 28.2 Å². The van der Waals surface area contributed by atoms with Gasteiger partial charge in [-0.05, 0) is 49.2 Å². The smallest absolute Gasteiger partial charge is 0.245 e. The van der Waals surface area contributed by atoms with Crippen molar-refractivity contribution >= 4 is 33.2 Å². The molecule has 0 aliphatic heterocycles. The summed E-state index contributed by atoms with van der Waals surface area (Å²) in [7, 11) is -1.21. The molecule has 3 aromatic carbocycles. The minimum atomic E-state index is -4.19. The zero-order valence-corrected chi connectivity index (χ0v) is 21.2. The fourth-order valence-corrected chi connectivity index (χ4v) is 4.98. The van der Waals surface area contributed by atoms with E-state index in [9.17, 15) is 13.2 Å². The molecular weight excluding hydrogens is 492 g/mol. The Kier molecular flexibility index (Phi) is 8.97. The third-order valence-corrected chi connectivity index (χ3v) is 6.79. The summed E-state index contributed by atoms with van der Waals surface area (Å²) in [6.07, 6.45) is 0.106. The highest BCUT2D eigenvalue weighted by Crippen LogP contribution is 2.30. The molecule has 2 N–H and O–H groups in total. The van der Waals surface area contributed by atoms with Gasteiger partial charge in [0.05, 0.1) is 26.5 Å². The predicted octanol–water partition coefficient (Wildman–Crippen LogP) is 4.28. The maximum absolute atomic E-state index is 13.4. The van der Waals surface area contributed by atoms with E-state index in [1.165, 1.54) is 32.4 Å². The summed E-state index contributed by atoms with van der Waals surface area (Å²) in [6.45, 7) is 2.00.